The first-order valence-corrected chi connectivity index (χ1v) is 5.16. The molecule has 4 nitrogen and oxygen atoms in total. The van der Waals surface area contributed by atoms with E-state index in [9.17, 15) is 0 Å². The molecule has 1 aromatic heterocycles. The number of ether oxygens (including phenoxy) is 1. The zero-order valence-electron chi connectivity index (χ0n) is 8.99. The summed E-state index contributed by atoms with van der Waals surface area (Å²) in [4.78, 5) is 0. The van der Waals surface area contributed by atoms with Crippen molar-refractivity contribution in [3.63, 3.8) is 0 Å². The van der Waals surface area contributed by atoms with Crippen molar-refractivity contribution in [1.82, 2.24) is 15.1 Å². The molecule has 1 rings (SSSR count). The van der Waals surface area contributed by atoms with Gasteiger partial charge in [0.1, 0.15) is 0 Å². The monoisotopic (exact) mass is 197 g/mol. The lowest BCUT2D eigenvalue weighted by Crippen LogP contribution is -2.18. The van der Waals surface area contributed by atoms with Crippen LogP contribution in [0.4, 0.5) is 0 Å². The third-order valence-corrected chi connectivity index (χ3v) is 1.97. The number of aryl methyl sites for hydroxylation is 1. The van der Waals surface area contributed by atoms with Gasteiger partial charge in [-0.15, -0.1) is 0 Å². The highest BCUT2D eigenvalue weighted by atomic mass is 16.5. The molecule has 0 atom stereocenters. The Labute approximate surface area is 85.3 Å². The standard InChI is InChI=1S/C10H19N3O/c1-3-13-9-10(8-12-13)7-11-5-6-14-4-2/h8-9,11H,3-7H2,1-2H3. The van der Waals surface area contributed by atoms with Gasteiger partial charge in [0, 0.05) is 38.0 Å². The molecule has 0 spiro atoms. The number of nitrogens with zero attached hydrogens (tertiary/aromatic N) is 2. The Morgan fingerprint density at radius 2 is 2.36 bits per heavy atom. The quantitative estimate of drug-likeness (QED) is 0.664. The zero-order valence-corrected chi connectivity index (χ0v) is 8.99. The molecule has 0 aliphatic heterocycles. The molecule has 0 radical (unpaired) electrons. The van der Waals surface area contributed by atoms with Gasteiger partial charge in [0.25, 0.3) is 0 Å². The molecule has 1 heterocycles. The Balaban J connectivity index is 2.12. The third-order valence-electron chi connectivity index (χ3n) is 1.97. The van der Waals surface area contributed by atoms with Crippen LogP contribution in [-0.2, 0) is 17.8 Å². The van der Waals surface area contributed by atoms with Crippen LogP contribution in [-0.4, -0.2) is 29.5 Å². The Morgan fingerprint density at radius 1 is 1.50 bits per heavy atom. The molecule has 0 bridgehead atoms. The Morgan fingerprint density at radius 3 is 3.00 bits per heavy atom. The summed E-state index contributed by atoms with van der Waals surface area (Å²) in [5, 5.41) is 7.49. The van der Waals surface area contributed by atoms with E-state index in [0.29, 0.717) is 0 Å². The van der Waals surface area contributed by atoms with E-state index in [2.05, 4.69) is 23.5 Å². The summed E-state index contributed by atoms with van der Waals surface area (Å²) in [6.07, 6.45) is 3.96. The topological polar surface area (TPSA) is 39.1 Å². The van der Waals surface area contributed by atoms with E-state index in [1.807, 2.05) is 17.8 Å². The lowest BCUT2D eigenvalue weighted by molar-refractivity contribution is 0.149. The Bertz CT molecular complexity index is 247. The first kappa shape index (κ1) is 11.2. The van der Waals surface area contributed by atoms with E-state index in [-0.39, 0.29) is 0 Å². The minimum absolute atomic E-state index is 0.776. The molecule has 0 aliphatic rings. The maximum Gasteiger partial charge on any atom is 0.0590 e. The Kier molecular flexibility index (Phi) is 5.25. The van der Waals surface area contributed by atoms with E-state index < -0.39 is 0 Å². The van der Waals surface area contributed by atoms with Crippen LogP contribution >= 0.6 is 0 Å². The number of hydrogen-bond acceptors (Lipinski definition) is 3. The second-order valence-electron chi connectivity index (χ2n) is 3.08. The van der Waals surface area contributed by atoms with Gasteiger partial charge in [-0.2, -0.15) is 5.10 Å². The maximum absolute atomic E-state index is 5.21. The minimum Gasteiger partial charge on any atom is -0.380 e. The van der Waals surface area contributed by atoms with Crippen molar-refractivity contribution in [2.75, 3.05) is 19.8 Å². The molecule has 80 valence electrons. The summed E-state index contributed by atoms with van der Waals surface area (Å²) in [6.45, 7) is 8.34. The van der Waals surface area contributed by atoms with Crippen molar-refractivity contribution in [3.8, 4) is 0 Å². The molecule has 0 amide bonds. The van der Waals surface area contributed by atoms with E-state index in [0.717, 1.165) is 32.8 Å². The molecule has 14 heavy (non-hydrogen) atoms. The van der Waals surface area contributed by atoms with E-state index in [1.165, 1.54) is 5.56 Å². The molecule has 0 aromatic carbocycles. The summed E-state index contributed by atoms with van der Waals surface area (Å²) >= 11 is 0. The molecule has 1 N–H and O–H groups in total. The van der Waals surface area contributed by atoms with Crippen LogP contribution in [0.25, 0.3) is 0 Å². The second kappa shape index (κ2) is 6.56. The summed E-state index contributed by atoms with van der Waals surface area (Å²) in [7, 11) is 0. The van der Waals surface area contributed by atoms with Gasteiger partial charge >= 0.3 is 0 Å². The number of aromatic nitrogens is 2. The highest BCUT2D eigenvalue weighted by Crippen LogP contribution is 1.96. The highest BCUT2D eigenvalue weighted by Gasteiger charge is 1.95. The van der Waals surface area contributed by atoms with Crippen LogP contribution in [0, 0.1) is 0 Å². The highest BCUT2D eigenvalue weighted by molar-refractivity contribution is 5.02. The van der Waals surface area contributed by atoms with Crippen LogP contribution in [0.3, 0.4) is 0 Å². The molecular weight excluding hydrogens is 178 g/mol. The van der Waals surface area contributed by atoms with Crippen molar-refractivity contribution in [3.05, 3.63) is 18.0 Å². The van der Waals surface area contributed by atoms with Crippen LogP contribution in [0.5, 0.6) is 0 Å². The zero-order chi connectivity index (χ0) is 10.2. The summed E-state index contributed by atoms with van der Waals surface area (Å²) in [5.41, 5.74) is 1.23. The van der Waals surface area contributed by atoms with Gasteiger partial charge in [0.2, 0.25) is 0 Å². The van der Waals surface area contributed by atoms with Gasteiger partial charge in [-0.1, -0.05) is 0 Å². The lowest BCUT2D eigenvalue weighted by Gasteiger charge is -2.02. The van der Waals surface area contributed by atoms with Crippen molar-refractivity contribution in [2.45, 2.75) is 26.9 Å². The number of hydrogen-bond donors (Lipinski definition) is 1. The van der Waals surface area contributed by atoms with E-state index >= 15 is 0 Å². The van der Waals surface area contributed by atoms with Crippen molar-refractivity contribution >= 4 is 0 Å². The summed E-state index contributed by atoms with van der Waals surface area (Å²) < 4.78 is 7.14. The molecule has 0 unspecified atom stereocenters. The molecule has 4 heteroatoms. The van der Waals surface area contributed by atoms with Gasteiger partial charge in [0.15, 0.2) is 0 Å². The molecule has 0 aliphatic carbocycles. The third kappa shape index (κ3) is 3.89. The van der Waals surface area contributed by atoms with E-state index in [4.69, 9.17) is 4.74 Å². The van der Waals surface area contributed by atoms with Gasteiger partial charge in [-0.05, 0) is 13.8 Å². The fourth-order valence-electron chi connectivity index (χ4n) is 1.19. The summed E-state index contributed by atoms with van der Waals surface area (Å²) in [5.74, 6) is 0. The van der Waals surface area contributed by atoms with Crippen molar-refractivity contribution in [2.24, 2.45) is 0 Å². The lowest BCUT2D eigenvalue weighted by atomic mass is 10.3. The van der Waals surface area contributed by atoms with Crippen LogP contribution in [0.15, 0.2) is 12.4 Å². The predicted molar refractivity (Wildman–Crippen MR) is 56.1 cm³/mol. The van der Waals surface area contributed by atoms with Gasteiger partial charge in [-0.25, -0.2) is 0 Å². The molecule has 0 saturated heterocycles. The predicted octanol–water partition coefficient (Wildman–Crippen LogP) is 1.03. The van der Waals surface area contributed by atoms with E-state index in [1.54, 1.807) is 0 Å². The van der Waals surface area contributed by atoms with Crippen LogP contribution < -0.4 is 5.32 Å². The smallest absolute Gasteiger partial charge is 0.0590 e. The largest absolute Gasteiger partial charge is 0.380 e. The fourth-order valence-corrected chi connectivity index (χ4v) is 1.19. The van der Waals surface area contributed by atoms with Crippen LogP contribution in [0.2, 0.25) is 0 Å². The first-order valence-electron chi connectivity index (χ1n) is 5.16. The van der Waals surface area contributed by atoms with Crippen molar-refractivity contribution < 1.29 is 4.74 Å². The maximum atomic E-state index is 5.21. The SMILES string of the molecule is CCOCCNCc1cnn(CC)c1. The minimum atomic E-state index is 0.776. The van der Waals surface area contributed by atoms with Gasteiger partial charge < -0.3 is 10.1 Å². The molecule has 1 aromatic rings. The summed E-state index contributed by atoms with van der Waals surface area (Å²) in [6, 6.07) is 0. The van der Waals surface area contributed by atoms with Crippen LogP contribution in [0.1, 0.15) is 19.4 Å². The molecular formula is C10H19N3O. The van der Waals surface area contributed by atoms with Gasteiger partial charge in [0.05, 0.1) is 12.8 Å². The average molecular weight is 197 g/mol. The second-order valence-corrected chi connectivity index (χ2v) is 3.08. The molecule has 0 saturated carbocycles. The number of rotatable bonds is 7. The molecule has 0 fully saturated rings. The van der Waals surface area contributed by atoms with Gasteiger partial charge in [-0.3, -0.25) is 4.68 Å². The fraction of sp³-hybridized carbons (Fsp3) is 0.700. The normalized spacial score (nSPS) is 10.7. The Hall–Kier alpha value is -0.870. The first-order chi connectivity index (χ1) is 6.86. The van der Waals surface area contributed by atoms with Crippen molar-refractivity contribution in [1.29, 1.82) is 0 Å². The number of nitrogens with one attached hydrogen (secondary N) is 1. The average Bonchev–Trinajstić information content (AvgIpc) is 2.65.